The first-order chi connectivity index (χ1) is 6.42. The lowest BCUT2D eigenvalue weighted by Gasteiger charge is -2.38. The van der Waals surface area contributed by atoms with Crippen LogP contribution in [0.1, 0.15) is 40.5 Å². The molecule has 0 aliphatic carbocycles. The van der Waals surface area contributed by atoms with E-state index in [0.29, 0.717) is 0 Å². The average Bonchev–Trinajstić information content (AvgIpc) is 2.08. The van der Waals surface area contributed by atoms with Crippen LogP contribution in [0.2, 0.25) is 0 Å². The van der Waals surface area contributed by atoms with Crippen LogP contribution in [-0.2, 0) is 0 Å². The van der Waals surface area contributed by atoms with Gasteiger partial charge >= 0.3 is 0 Å². The van der Waals surface area contributed by atoms with Gasteiger partial charge in [-0.25, -0.2) is 0 Å². The van der Waals surface area contributed by atoms with Crippen LogP contribution in [0.5, 0.6) is 0 Å². The highest BCUT2D eigenvalue weighted by atomic mass is 15.1. The Kier molecular flexibility index (Phi) is 3.96. The molecule has 2 heteroatoms. The van der Waals surface area contributed by atoms with E-state index in [1.165, 1.54) is 25.9 Å². The Morgan fingerprint density at radius 1 is 1.36 bits per heavy atom. The molecule has 0 bridgehead atoms. The molecule has 1 fully saturated rings. The second-order valence-corrected chi connectivity index (χ2v) is 5.74. The molecule has 84 valence electrons. The molecular weight excluding hydrogens is 172 g/mol. The predicted octanol–water partition coefficient (Wildman–Crippen LogP) is 2.09. The molecule has 0 aromatic carbocycles. The number of hydrogen-bond donors (Lipinski definition) is 1. The topological polar surface area (TPSA) is 29.3 Å². The molecule has 1 heterocycles. The van der Waals surface area contributed by atoms with E-state index in [4.69, 9.17) is 5.73 Å². The molecular formula is C12H26N2. The minimum atomic E-state index is 0.251. The number of hydrogen-bond acceptors (Lipinski definition) is 2. The van der Waals surface area contributed by atoms with Crippen molar-refractivity contribution in [3.63, 3.8) is 0 Å². The van der Waals surface area contributed by atoms with Gasteiger partial charge in [-0.15, -0.1) is 0 Å². The Labute approximate surface area is 88.8 Å². The maximum Gasteiger partial charge on any atom is 0.00739 e. The fourth-order valence-corrected chi connectivity index (χ4v) is 1.94. The van der Waals surface area contributed by atoms with Gasteiger partial charge in [-0.2, -0.15) is 0 Å². The van der Waals surface area contributed by atoms with Crippen molar-refractivity contribution in [2.24, 2.45) is 17.1 Å². The number of nitrogens with two attached hydrogens (primary N) is 1. The van der Waals surface area contributed by atoms with Gasteiger partial charge in [0.15, 0.2) is 0 Å². The van der Waals surface area contributed by atoms with E-state index in [9.17, 15) is 0 Å². The monoisotopic (exact) mass is 198 g/mol. The largest absolute Gasteiger partial charge is 0.327 e. The first kappa shape index (κ1) is 12.0. The number of likely N-dealkylation sites (tertiary alicyclic amines) is 1. The molecule has 0 saturated carbocycles. The van der Waals surface area contributed by atoms with Gasteiger partial charge in [-0.1, -0.05) is 20.8 Å². The molecule has 1 rings (SSSR count). The van der Waals surface area contributed by atoms with Gasteiger partial charge in [0.2, 0.25) is 0 Å². The third-order valence-electron chi connectivity index (χ3n) is 3.74. The van der Waals surface area contributed by atoms with Crippen molar-refractivity contribution < 1.29 is 0 Å². The Morgan fingerprint density at radius 2 is 1.86 bits per heavy atom. The summed E-state index contributed by atoms with van der Waals surface area (Å²) in [5, 5.41) is 0. The summed E-state index contributed by atoms with van der Waals surface area (Å²) < 4.78 is 0. The van der Waals surface area contributed by atoms with E-state index in [1.807, 2.05) is 0 Å². The van der Waals surface area contributed by atoms with Crippen molar-refractivity contribution in [1.29, 1.82) is 0 Å². The zero-order chi connectivity index (χ0) is 10.8. The summed E-state index contributed by atoms with van der Waals surface area (Å²) in [7, 11) is 0. The number of nitrogens with zero attached hydrogens (tertiary/aromatic N) is 1. The molecule has 0 aromatic heterocycles. The van der Waals surface area contributed by atoms with Gasteiger partial charge < -0.3 is 10.6 Å². The molecule has 1 aliphatic heterocycles. The molecule has 1 saturated heterocycles. The summed E-state index contributed by atoms with van der Waals surface area (Å²) >= 11 is 0. The van der Waals surface area contributed by atoms with Crippen LogP contribution < -0.4 is 5.73 Å². The zero-order valence-corrected chi connectivity index (χ0v) is 10.2. The van der Waals surface area contributed by atoms with Gasteiger partial charge in [0.1, 0.15) is 0 Å². The van der Waals surface area contributed by atoms with E-state index < -0.39 is 0 Å². The molecule has 2 nitrogen and oxygen atoms in total. The van der Waals surface area contributed by atoms with Gasteiger partial charge in [0, 0.05) is 12.6 Å². The molecule has 1 unspecified atom stereocenters. The molecule has 0 aromatic rings. The van der Waals surface area contributed by atoms with Gasteiger partial charge in [0.25, 0.3) is 0 Å². The Morgan fingerprint density at radius 3 is 2.29 bits per heavy atom. The van der Waals surface area contributed by atoms with Crippen LogP contribution in [-0.4, -0.2) is 30.6 Å². The number of rotatable bonds is 3. The quantitative estimate of drug-likeness (QED) is 0.752. The second-order valence-electron chi connectivity index (χ2n) is 5.74. The van der Waals surface area contributed by atoms with Crippen molar-refractivity contribution in [1.82, 2.24) is 4.90 Å². The fourth-order valence-electron chi connectivity index (χ4n) is 1.94. The lowest BCUT2D eigenvalue weighted by atomic mass is 9.84. The molecule has 14 heavy (non-hydrogen) atoms. The maximum atomic E-state index is 5.99. The van der Waals surface area contributed by atoms with Crippen LogP contribution in [0, 0.1) is 11.3 Å². The van der Waals surface area contributed by atoms with E-state index in [2.05, 4.69) is 32.6 Å². The van der Waals surface area contributed by atoms with E-state index in [0.717, 1.165) is 12.5 Å². The van der Waals surface area contributed by atoms with Crippen LogP contribution in [0.3, 0.4) is 0 Å². The SMILES string of the molecule is CC1CCN(CC(C)(C)C(C)N)CC1. The van der Waals surface area contributed by atoms with Crippen molar-refractivity contribution in [2.75, 3.05) is 19.6 Å². The van der Waals surface area contributed by atoms with Crippen molar-refractivity contribution in [3.05, 3.63) is 0 Å². The summed E-state index contributed by atoms with van der Waals surface area (Å²) in [5.41, 5.74) is 6.24. The molecule has 2 N–H and O–H groups in total. The van der Waals surface area contributed by atoms with Crippen LogP contribution in [0.15, 0.2) is 0 Å². The van der Waals surface area contributed by atoms with Crippen molar-refractivity contribution in [3.8, 4) is 0 Å². The normalized spacial score (nSPS) is 23.8. The number of piperidine rings is 1. The second kappa shape index (κ2) is 4.63. The fraction of sp³-hybridized carbons (Fsp3) is 1.00. The summed E-state index contributed by atoms with van der Waals surface area (Å²) in [4.78, 5) is 2.57. The lowest BCUT2D eigenvalue weighted by molar-refractivity contribution is 0.120. The molecule has 0 radical (unpaired) electrons. The van der Waals surface area contributed by atoms with Crippen molar-refractivity contribution in [2.45, 2.75) is 46.6 Å². The Balaban J connectivity index is 2.37. The highest BCUT2D eigenvalue weighted by molar-refractivity contribution is 4.83. The maximum absolute atomic E-state index is 5.99. The zero-order valence-electron chi connectivity index (χ0n) is 10.2. The smallest absolute Gasteiger partial charge is 0.00739 e. The predicted molar refractivity (Wildman–Crippen MR) is 62.3 cm³/mol. The average molecular weight is 198 g/mol. The van der Waals surface area contributed by atoms with Crippen LogP contribution >= 0.6 is 0 Å². The Hall–Kier alpha value is -0.0800. The molecule has 0 spiro atoms. The summed E-state index contributed by atoms with van der Waals surface area (Å²) in [6.07, 6.45) is 2.71. The first-order valence-corrected chi connectivity index (χ1v) is 5.90. The van der Waals surface area contributed by atoms with E-state index in [1.54, 1.807) is 0 Å². The van der Waals surface area contributed by atoms with Gasteiger partial charge in [0.05, 0.1) is 0 Å². The molecule has 0 amide bonds. The van der Waals surface area contributed by atoms with Crippen LogP contribution in [0.4, 0.5) is 0 Å². The van der Waals surface area contributed by atoms with Gasteiger partial charge in [-0.05, 0) is 44.2 Å². The third kappa shape index (κ3) is 3.25. The van der Waals surface area contributed by atoms with Crippen LogP contribution in [0.25, 0.3) is 0 Å². The van der Waals surface area contributed by atoms with E-state index in [-0.39, 0.29) is 11.5 Å². The summed E-state index contributed by atoms with van der Waals surface area (Å²) in [5.74, 6) is 0.921. The standard InChI is InChI=1S/C12H26N2/c1-10-5-7-14(8-6-10)9-12(3,4)11(2)13/h10-11H,5-9,13H2,1-4H3. The van der Waals surface area contributed by atoms with E-state index >= 15 is 0 Å². The van der Waals surface area contributed by atoms with Gasteiger partial charge in [-0.3, -0.25) is 0 Å². The summed E-state index contributed by atoms with van der Waals surface area (Å²) in [6.45, 7) is 12.7. The summed E-state index contributed by atoms with van der Waals surface area (Å²) in [6, 6.07) is 0.279. The highest BCUT2D eigenvalue weighted by Crippen LogP contribution is 2.24. The first-order valence-electron chi connectivity index (χ1n) is 5.90. The lowest BCUT2D eigenvalue weighted by Crippen LogP contribution is -2.46. The minimum absolute atomic E-state index is 0.251. The Bertz CT molecular complexity index is 167. The third-order valence-corrected chi connectivity index (χ3v) is 3.74. The minimum Gasteiger partial charge on any atom is -0.327 e. The molecule has 1 aliphatic rings. The molecule has 1 atom stereocenters. The van der Waals surface area contributed by atoms with Crippen molar-refractivity contribution >= 4 is 0 Å². The highest BCUT2D eigenvalue weighted by Gasteiger charge is 2.27.